The molecular weight excluding hydrogens is 156 g/mol. The van der Waals surface area contributed by atoms with Crippen LogP contribution in [0.2, 0.25) is 0 Å². The minimum atomic E-state index is 0.929. The summed E-state index contributed by atoms with van der Waals surface area (Å²) >= 11 is 0. The predicted molar refractivity (Wildman–Crippen MR) is 59.7 cm³/mol. The lowest BCUT2D eigenvalue weighted by molar-refractivity contribution is 0.0455. The van der Waals surface area contributed by atoms with Crippen LogP contribution in [0, 0.1) is 29.6 Å². The summed E-state index contributed by atoms with van der Waals surface area (Å²) in [4.78, 5) is 0. The quantitative estimate of drug-likeness (QED) is 0.606. The summed E-state index contributed by atoms with van der Waals surface area (Å²) in [6, 6.07) is 0. The van der Waals surface area contributed by atoms with Gasteiger partial charge in [0, 0.05) is 0 Å². The van der Waals surface area contributed by atoms with Crippen LogP contribution < -0.4 is 0 Å². The second kappa shape index (κ2) is 4.48. The van der Waals surface area contributed by atoms with Crippen molar-refractivity contribution in [2.24, 2.45) is 29.6 Å². The third kappa shape index (κ3) is 2.48. The average Bonchev–Trinajstić information content (AvgIpc) is 2.12. The van der Waals surface area contributed by atoms with Crippen molar-refractivity contribution in [3.8, 4) is 0 Å². The lowest BCUT2D eigenvalue weighted by Crippen LogP contribution is -2.37. The Morgan fingerprint density at radius 2 is 1.85 bits per heavy atom. The van der Waals surface area contributed by atoms with E-state index in [4.69, 9.17) is 0 Å². The molecule has 0 aromatic rings. The zero-order valence-electron chi connectivity index (χ0n) is 10.0. The van der Waals surface area contributed by atoms with E-state index in [-0.39, 0.29) is 0 Å². The highest BCUT2D eigenvalue weighted by Gasteiger charge is 2.37. The van der Waals surface area contributed by atoms with Crippen LogP contribution in [-0.4, -0.2) is 0 Å². The van der Waals surface area contributed by atoms with Gasteiger partial charge in [0.15, 0.2) is 0 Å². The van der Waals surface area contributed by atoms with Gasteiger partial charge in [-0.3, -0.25) is 0 Å². The second-order valence-electron chi connectivity index (χ2n) is 5.46. The maximum absolute atomic E-state index is 2.46. The molecule has 13 heavy (non-hydrogen) atoms. The van der Waals surface area contributed by atoms with Crippen LogP contribution in [0.4, 0.5) is 0 Å². The molecular formula is C13H26. The molecule has 0 nitrogen and oxygen atoms in total. The van der Waals surface area contributed by atoms with E-state index in [0.29, 0.717) is 0 Å². The second-order valence-corrected chi connectivity index (χ2v) is 5.46. The highest BCUT2D eigenvalue weighted by atomic mass is 14.4. The molecule has 0 amide bonds. The van der Waals surface area contributed by atoms with E-state index in [1.807, 2.05) is 0 Å². The molecule has 0 radical (unpaired) electrons. The molecule has 1 rings (SSSR count). The van der Waals surface area contributed by atoms with Crippen LogP contribution >= 0.6 is 0 Å². The van der Waals surface area contributed by atoms with Crippen molar-refractivity contribution in [3.05, 3.63) is 0 Å². The molecule has 1 aliphatic rings. The smallest absolute Gasteiger partial charge is 0.0357 e. The van der Waals surface area contributed by atoms with Crippen LogP contribution in [0.25, 0.3) is 0 Å². The maximum Gasteiger partial charge on any atom is -0.0357 e. The van der Waals surface area contributed by atoms with Gasteiger partial charge in [-0.1, -0.05) is 41.0 Å². The topological polar surface area (TPSA) is 0 Å². The zero-order chi connectivity index (χ0) is 10.0. The largest absolute Gasteiger partial charge is 0.0651 e. The molecule has 1 saturated carbocycles. The van der Waals surface area contributed by atoms with Crippen LogP contribution in [0.5, 0.6) is 0 Å². The summed E-state index contributed by atoms with van der Waals surface area (Å²) in [6.45, 7) is 12.0. The first-order valence-electron chi connectivity index (χ1n) is 6.06. The fraction of sp³-hybridized carbons (Fsp3) is 1.00. The molecule has 1 fully saturated rings. The van der Waals surface area contributed by atoms with Gasteiger partial charge in [-0.2, -0.15) is 0 Å². The molecule has 5 unspecified atom stereocenters. The molecule has 0 aromatic carbocycles. The average molecular weight is 182 g/mol. The molecule has 0 heteroatoms. The summed E-state index contributed by atoms with van der Waals surface area (Å²) < 4.78 is 0. The van der Waals surface area contributed by atoms with Crippen LogP contribution in [0.1, 0.15) is 53.9 Å². The first kappa shape index (κ1) is 11.1. The Bertz CT molecular complexity index is 150. The fourth-order valence-electron chi connectivity index (χ4n) is 2.81. The van der Waals surface area contributed by atoms with E-state index in [1.165, 1.54) is 19.3 Å². The van der Waals surface area contributed by atoms with Gasteiger partial charge in [-0.15, -0.1) is 0 Å². The lowest BCUT2D eigenvalue weighted by atomic mass is 9.61. The third-order valence-corrected chi connectivity index (χ3v) is 4.42. The standard InChI is InChI=1S/C13H26/c1-6-9(2)7-11(4)13-8-10(3)12(13)5/h9-13H,6-8H2,1-5H3. The van der Waals surface area contributed by atoms with Crippen molar-refractivity contribution < 1.29 is 0 Å². The Labute approximate surface area is 84.1 Å². The normalized spacial score (nSPS) is 38.1. The van der Waals surface area contributed by atoms with Crippen molar-refractivity contribution in [1.29, 1.82) is 0 Å². The van der Waals surface area contributed by atoms with Gasteiger partial charge in [-0.25, -0.2) is 0 Å². The minimum absolute atomic E-state index is 0.929. The summed E-state index contributed by atoms with van der Waals surface area (Å²) in [7, 11) is 0. The van der Waals surface area contributed by atoms with Crippen molar-refractivity contribution >= 4 is 0 Å². The fourth-order valence-corrected chi connectivity index (χ4v) is 2.81. The molecule has 0 bridgehead atoms. The predicted octanol–water partition coefficient (Wildman–Crippen LogP) is 4.35. The van der Waals surface area contributed by atoms with Gasteiger partial charge < -0.3 is 0 Å². The summed E-state index contributed by atoms with van der Waals surface area (Å²) in [5, 5.41) is 0. The lowest BCUT2D eigenvalue weighted by Gasteiger charge is -2.45. The molecule has 0 aliphatic heterocycles. The highest BCUT2D eigenvalue weighted by molar-refractivity contribution is 4.87. The number of rotatable bonds is 4. The van der Waals surface area contributed by atoms with Crippen LogP contribution in [0.15, 0.2) is 0 Å². The molecule has 78 valence electrons. The third-order valence-electron chi connectivity index (χ3n) is 4.42. The molecule has 1 aliphatic carbocycles. The number of hydrogen-bond donors (Lipinski definition) is 0. The highest BCUT2D eigenvalue weighted by Crippen LogP contribution is 2.45. The van der Waals surface area contributed by atoms with Gasteiger partial charge in [0.25, 0.3) is 0 Å². The van der Waals surface area contributed by atoms with Crippen molar-refractivity contribution in [2.75, 3.05) is 0 Å². The van der Waals surface area contributed by atoms with E-state index in [9.17, 15) is 0 Å². The van der Waals surface area contributed by atoms with E-state index in [1.54, 1.807) is 0 Å². The van der Waals surface area contributed by atoms with Crippen molar-refractivity contribution in [3.63, 3.8) is 0 Å². The Morgan fingerprint density at radius 1 is 1.23 bits per heavy atom. The Balaban J connectivity index is 2.28. The van der Waals surface area contributed by atoms with Crippen LogP contribution in [-0.2, 0) is 0 Å². The van der Waals surface area contributed by atoms with Crippen LogP contribution in [0.3, 0.4) is 0 Å². The SMILES string of the molecule is CCC(C)CC(C)C1CC(C)C1C. The molecule has 0 spiro atoms. The molecule has 5 atom stereocenters. The molecule has 0 saturated heterocycles. The summed E-state index contributed by atoms with van der Waals surface area (Å²) in [5.41, 5.74) is 0. The monoisotopic (exact) mass is 182 g/mol. The van der Waals surface area contributed by atoms with E-state index < -0.39 is 0 Å². The van der Waals surface area contributed by atoms with Gasteiger partial charge in [0.2, 0.25) is 0 Å². The molecule has 0 heterocycles. The molecule has 0 N–H and O–H groups in total. The van der Waals surface area contributed by atoms with Gasteiger partial charge in [0.1, 0.15) is 0 Å². The van der Waals surface area contributed by atoms with E-state index >= 15 is 0 Å². The summed E-state index contributed by atoms with van der Waals surface area (Å²) in [5.74, 6) is 4.90. The van der Waals surface area contributed by atoms with Crippen molar-refractivity contribution in [2.45, 2.75) is 53.9 Å². The Kier molecular flexibility index (Phi) is 3.82. The zero-order valence-corrected chi connectivity index (χ0v) is 10.0. The van der Waals surface area contributed by atoms with E-state index in [2.05, 4.69) is 34.6 Å². The minimum Gasteiger partial charge on any atom is -0.0651 e. The Hall–Kier alpha value is 0. The van der Waals surface area contributed by atoms with Gasteiger partial charge >= 0.3 is 0 Å². The molecule has 0 aromatic heterocycles. The van der Waals surface area contributed by atoms with Gasteiger partial charge in [-0.05, 0) is 42.4 Å². The maximum atomic E-state index is 2.46. The van der Waals surface area contributed by atoms with Crippen molar-refractivity contribution in [1.82, 2.24) is 0 Å². The first-order chi connectivity index (χ1) is 6.06. The Morgan fingerprint density at radius 3 is 2.23 bits per heavy atom. The van der Waals surface area contributed by atoms with Gasteiger partial charge in [0.05, 0.1) is 0 Å². The van der Waals surface area contributed by atoms with E-state index in [0.717, 1.165) is 29.6 Å². The summed E-state index contributed by atoms with van der Waals surface area (Å²) in [6.07, 6.45) is 4.28. The number of hydrogen-bond acceptors (Lipinski definition) is 0. The first-order valence-corrected chi connectivity index (χ1v) is 6.06.